The van der Waals surface area contributed by atoms with Crippen LogP contribution in [0.5, 0.6) is 0 Å². The van der Waals surface area contributed by atoms with Gasteiger partial charge in [-0.25, -0.2) is 9.37 Å². The molecule has 1 N–H and O–H groups in total. The van der Waals surface area contributed by atoms with Crippen LogP contribution in [0.2, 0.25) is 0 Å². The molecule has 0 spiro atoms. The van der Waals surface area contributed by atoms with Crippen LogP contribution in [0, 0.1) is 5.82 Å². The molecule has 0 fully saturated rings. The van der Waals surface area contributed by atoms with Gasteiger partial charge < -0.3 is 9.73 Å². The lowest BCUT2D eigenvalue weighted by atomic mass is 10.1. The minimum Gasteiger partial charge on any atom is -0.423 e. The maximum atomic E-state index is 13.1. The fourth-order valence-electron chi connectivity index (χ4n) is 2.10. The number of benzene rings is 2. The minimum absolute atomic E-state index is 0.303. The standard InChI is InChI=1S/C17H15FN2O/c1-2-12-5-3-6-13(9-12)16-11-19-17(21-16)20-15-8-4-7-14(18)10-15/h3-11H,2H2,1H3,(H,19,20). The molecular formula is C17H15FN2O. The number of oxazole rings is 1. The SMILES string of the molecule is CCc1cccc(-c2cnc(Nc3cccc(F)c3)o2)c1. The highest BCUT2D eigenvalue weighted by atomic mass is 19.1. The molecular weight excluding hydrogens is 267 g/mol. The van der Waals surface area contributed by atoms with Gasteiger partial charge in [0.05, 0.1) is 6.20 Å². The number of halogens is 1. The van der Waals surface area contributed by atoms with Crippen LogP contribution in [0.15, 0.2) is 59.1 Å². The molecule has 1 heterocycles. The van der Waals surface area contributed by atoms with Gasteiger partial charge in [0.15, 0.2) is 5.76 Å². The van der Waals surface area contributed by atoms with Crippen molar-refractivity contribution in [2.24, 2.45) is 0 Å². The topological polar surface area (TPSA) is 38.1 Å². The van der Waals surface area contributed by atoms with E-state index in [0.717, 1.165) is 12.0 Å². The van der Waals surface area contributed by atoms with Crippen molar-refractivity contribution in [2.75, 3.05) is 5.32 Å². The van der Waals surface area contributed by atoms with Crippen LogP contribution in [0.3, 0.4) is 0 Å². The number of rotatable bonds is 4. The summed E-state index contributed by atoms with van der Waals surface area (Å²) in [6.45, 7) is 2.11. The van der Waals surface area contributed by atoms with Gasteiger partial charge >= 0.3 is 0 Å². The van der Waals surface area contributed by atoms with E-state index in [0.29, 0.717) is 17.5 Å². The molecule has 3 aromatic rings. The average molecular weight is 282 g/mol. The van der Waals surface area contributed by atoms with Crippen LogP contribution in [0.4, 0.5) is 16.1 Å². The molecule has 106 valence electrons. The zero-order valence-electron chi connectivity index (χ0n) is 11.6. The fourth-order valence-corrected chi connectivity index (χ4v) is 2.10. The van der Waals surface area contributed by atoms with Crippen molar-refractivity contribution in [3.63, 3.8) is 0 Å². The van der Waals surface area contributed by atoms with Gasteiger partial charge in [0, 0.05) is 11.3 Å². The van der Waals surface area contributed by atoms with Gasteiger partial charge in [0.1, 0.15) is 5.82 Å². The number of hydrogen-bond donors (Lipinski definition) is 1. The normalized spacial score (nSPS) is 10.6. The average Bonchev–Trinajstić information content (AvgIpc) is 2.96. The Morgan fingerprint density at radius 2 is 2.00 bits per heavy atom. The molecule has 4 heteroatoms. The summed E-state index contributed by atoms with van der Waals surface area (Å²) in [6.07, 6.45) is 2.63. The molecule has 0 amide bonds. The summed E-state index contributed by atoms with van der Waals surface area (Å²) in [6, 6.07) is 14.6. The molecule has 0 aliphatic heterocycles. The molecule has 3 rings (SSSR count). The predicted molar refractivity (Wildman–Crippen MR) is 81.0 cm³/mol. The molecule has 0 unspecified atom stereocenters. The van der Waals surface area contributed by atoms with E-state index in [9.17, 15) is 4.39 Å². The molecule has 0 bridgehead atoms. The maximum Gasteiger partial charge on any atom is 0.299 e. The third-order valence-electron chi connectivity index (χ3n) is 3.20. The Morgan fingerprint density at radius 3 is 2.81 bits per heavy atom. The molecule has 0 atom stereocenters. The Balaban J connectivity index is 1.82. The number of anilines is 2. The summed E-state index contributed by atoms with van der Waals surface area (Å²) in [4.78, 5) is 4.17. The summed E-state index contributed by atoms with van der Waals surface area (Å²) < 4.78 is 18.8. The summed E-state index contributed by atoms with van der Waals surface area (Å²) in [5, 5.41) is 2.95. The molecule has 0 aliphatic rings. The van der Waals surface area contributed by atoms with Gasteiger partial charge in [-0.1, -0.05) is 31.2 Å². The highest BCUT2D eigenvalue weighted by molar-refractivity contribution is 5.60. The highest BCUT2D eigenvalue weighted by Crippen LogP contribution is 2.25. The Bertz CT molecular complexity index is 752. The largest absolute Gasteiger partial charge is 0.423 e. The first-order chi connectivity index (χ1) is 10.2. The molecule has 0 radical (unpaired) electrons. The van der Waals surface area contributed by atoms with Crippen LogP contribution in [-0.2, 0) is 6.42 Å². The van der Waals surface area contributed by atoms with E-state index in [-0.39, 0.29) is 5.82 Å². The van der Waals surface area contributed by atoms with E-state index in [1.807, 2.05) is 12.1 Å². The summed E-state index contributed by atoms with van der Waals surface area (Å²) in [5.74, 6) is 0.381. The second-order valence-electron chi connectivity index (χ2n) is 4.72. The zero-order valence-corrected chi connectivity index (χ0v) is 11.6. The molecule has 21 heavy (non-hydrogen) atoms. The number of nitrogens with one attached hydrogen (secondary N) is 1. The Kier molecular flexibility index (Phi) is 3.69. The van der Waals surface area contributed by atoms with E-state index in [1.54, 1.807) is 18.3 Å². The third kappa shape index (κ3) is 3.11. The van der Waals surface area contributed by atoms with Gasteiger partial charge in [-0.05, 0) is 36.2 Å². The number of aryl methyl sites for hydroxylation is 1. The van der Waals surface area contributed by atoms with Crippen molar-refractivity contribution in [1.29, 1.82) is 0 Å². The van der Waals surface area contributed by atoms with Crippen molar-refractivity contribution < 1.29 is 8.81 Å². The smallest absolute Gasteiger partial charge is 0.299 e. The van der Waals surface area contributed by atoms with Crippen molar-refractivity contribution >= 4 is 11.7 Å². The number of hydrogen-bond acceptors (Lipinski definition) is 3. The van der Waals surface area contributed by atoms with E-state index in [2.05, 4.69) is 29.4 Å². The summed E-state index contributed by atoms with van der Waals surface area (Å²) in [5.41, 5.74) is 2.82. The van der Waals surface area contributed by atoms with Crippen molar-refractivity contribution in [2.45, 2.75) is 13.3 Å². The minimum atomic E-state index is -0.303. The van der Waals surface area contributed by atoms with Gasteiger partial charge in [-0.2, -0.15) is 0 Å². The van der Waals surface area contributed by atoms with Gasteiger partial charge in [-0.15, -0.1) is 0 Å². The Hall–Kier alpha value is -2.62. The molecule has 2 aromatic carbocycles. The summed E-state index contributed by atoms with van der Waals surface area (Å²) in [7, 11) is 0. The lowest BCUT2D eigenvalue weighted by Gasteiger charge is -2.02. The highest BCUT2D eigenvalue weighted by Gasteiger charge is 2.07. The Morgan fingerprint density at radius 1 is 1.14 bits per heavy atom. The zero-order chi connectivity index (χ0) is 14.7. The van der Waals surface area contributed by atoms with Crippen molar-refractivity contribution in [1.82, 2.24) is 4.98 Å². The van der Waals surface area contributed by atoms with Crippen LogP contribution in [-0.4, -0.2) is 4.98 Å². The van der Waals surface area contributed by atoms with E-state index in [4.69, 9.17) is 4.42 Å². The number of aromatic nitrogens is 1. The first kappa shape index (κ1) is 13.4. The van der Waals surface area contributed by atoms with Crippen molar-refractivity contribution in [3.8, 4) is 11.3 Å². The second kappa shape index (κ2) is 5.79. The van der Waals surface area contributed by atoms with Crippen LogP contribution < -0.4 is 5.32 Å². The summed E-state index contributed by atoms with van der Waals surface area (Å²) >= 11 is 0. The van der Waals surface area contributed by atoms with E-state index >= 15 is 0 Å². The fraction of sp³-hybridized carbons (Fsp3) is 0.118. The lowest BCUT2D eigenvalue weighted by molar-refractivity contribution is 0.591. The molecule has 1 aromatic heterocycles. The van der Waals surface area contributed by atoms with Crippen LogP contribution >= 0.6 is 0 Å². The first-order valence-corrected chi connectivity index (χ1v) is 6.82. The second-order valence-corrected chi connectivity index (χ2v) is 4.72. The first-order valence-electron chi connectivity index (χ1n) is 6.82. The molecule has 0 saturated heterocycles. The molecule has 0 saturated carbocycles. The van der Waals surface area contributed by atoms with Crippen molar-refractivity contribution in [3.05, 3.63) is 66.1 Å². The number of nitrogens with zero attached hydrogens (tertiary/aromatic N) is 1. The predicted octanol–water partition coefficient (Wildman–Crippen LogP) is 4.79. The molecule has 0 aliphatic carbocycles. The monoisotopic (exact) mass is 282 g/mol. The van der Waals surface area contributed by atoms with Crippen LogP contribution in [0.1, 0.15) is 12.5 Å². The lowest BCUT2D eigenvalue weighted by Crippen LogP contribution is -1.90. The Labute approximate surface area is 122 Å². The molecule has 3 nitrogen and oxygen atoms in total. The van der Waals surface area contributed by atoms with E-state index < -0.39 is 0 Å². The quantitative estimate of drug-likeness (QED) is 0.748. The third-order valence-corrected chi connectivity index (χ3v) is 3.20. The van der Waals surface area contributed by atoms with Gasteiger partial charge in [0.25, 0.3) is 6.01 Å². The van der Waals surface area contributed by atoms with Gasteiger partial charge in [0.2, 0.25) is 0 Å². The van der Waals surface area contributed by atoms with Gasteiger partial charge in [-0.3, -0.25) is 0 Å². The van der Waals surface area contributed by atoms with Crippen LogP contribution in [0.25, 0.3) is 11.3 Å². The van der Waals surface area contributed by atoms with E-state index in [1.165, 1.54) is 17.7 Å². The maximum absolute atomic E-state index is 13.1.